The highest BCUT2D eigenvalue weighted by molar-refractivity contribution is 5.98. The molecule has 0 bridgehead atoms. The number of piperazine rings is 1. The summed E-state index contributed by atoms with van der Waals surface area (Å²) in [7, 11) is 0. The van der Waals surface area contributed by atoms with Gasteiger partial charge in [-0.1, -0.05) is 18.2 Å². The number of hydrogen-bond acceptors (Lipinski definition) is 3. The number of carbonyl (C=O) groups is 1. The molecule has 1 fully saturated rings. The van der Waals surface area contributed by atoms with Crippen LogP contribution < -0.4 is 9.80 Å². The average molecular weight is 378 g/mol. The van der Waals surface area contributed by atoms with Gasteiger partial charge in [0.15, 0.2) is 0 Å². The highest BCUT2D eigenvalue weighted by atomic mass is 16.3. The van der Waals surface area contributed by atoms with Crippen LogP contribution in [0.5, 0.6) is 0 Å². The normalized spacial score (nSPS) is 15.1. The van der Waals surface area contributed by atoms with Crippen LogP contribution in [-0.4, -0.2) is 43.1 Å². The van der Waals surface area contributed by atoms with Gasteiger partial charge in [0, 0.05) is 22.6 Å². The second-order valence-electron chi connectivity index (χ2n) is 7.62. The summed E-state index contributed by atoms with van der Waals surface area (Å²) in [4.78, 5) is 16.8. The number of anilines is 1. The highest BCUT2D eigenvalue weighted by Gasteiger charge is 2.25. The van der Waals surface area contributed by atoms with Gasteiger partial charge in [0.2, 0.25) is 5.78 Å². The van der Waals surface area contributed by atoms with Crippen molar-refractivity contribution < 1.29 is 14.1 Å². The molecule has 1 saturated heterocycles. The van der Waals surface area contributed by atoms with Crippen LogP contribution in [0.3, 0.4) is 0 Å². The molecule has 5 nitrogen and oxygen atoms in total. The van der Waals surface area contributed by atoms with Crippen LogP contribution in [0.25, 0.3) is 0 Å². The molecule has 5 heteroatoms. The zero-order chi connectivity index (χ0) is 19.5. The molecule has 1 aliphatic rings. The number of ketones is 1. The molecular weight excluding hydrogens is 350 g/mol. The molecule has 0 amide bonds. The van der Waals surface area contributed by atoms with E-state index in [-0.39, 0.29) is 5.78 Å². The fourth-order valence-corrected chi connectivity index (χ4v) is 4.10. The van der Waals surface area contributed by atoms with Crippen molar-refractivity contribution in [1.29, 1.82) is 0 Å². The second kappa shape index (κ2) is 8.07. The first-order valence-corrected chi connectivity index (χ1v) is 9.97. The Bertz CT molecular complexity index is 920. The van der Waals surface area contributed by atoms with E-state index < -0.39 is 0 Å². The lowest BCUT2D eigenvalue weighted by molar-refractivity contribution is -0.892. The number of hydrogen-bond donors (Lipinski definition) is 1. The van der Waals surface area contributed by atoms with Gasteiger partial charge in [-0.3, -0.25) is 4.79 Å². The summed E-state index contributed by atoms with van der Waals surface area (Å²) < 4.78 is 7.63. The summed E-state index contributed by atoms with van der Waals surface area (Å²) in [5, 5.41) is 0. The number of nitrogens with one attached hydrogen (secondary N) is 1. The van der Waals surface area contributed by atoms with Gasteiger partial charge in [0.25, 0.3) is 0 Å². The summed E-state index contributed by atoms with van der Waals surface area (Å²) in [6.07, 6.45) is 1.69. The van der Waals surface area contributed by atoms with E-state index in [0.29, 0.717) is 13.1 Å². The minimum Gasteiger partial charge on any atom is -0.467 e. The molecule has 1 aromatic carbocycles. The molecule has 28 heavy (non-hydrogen) atoms. The minimum atomic E-state index is 0.238. The first-order chi connectivity index (χ1) is 13.6. The predicted octanol–water partition coefficient (Wildman–Crippen LogP) is 2.33. The molecule has 0 atom stereocenters. The zero-order valence-corrected chi connectivity index (χ0v) is 16.6. The van der Waals surface area contributed by atoms with Gasteiger partial charge < -0.3 is 18.8 Å². The SMILES string of the molecule is Cc1cc(C(=O)C[NH+]2CCN(c3ccccc3)CC2)c(C)n1Cc1ccco1. The molecule has 3 aromatic rings. The molecular formula is C23H28N3O2+. The van der Waals surface area contributed by atoms with E-state index in [2.05, 4.69) is 40.7 Å². The number of benzene rings is 1. The smallest absolute Gasteiger partial charge is 0.218 e. The summed E-state index contributed by atoms with van der Waals surface area (Å²) in [6, 6.07) is 16.4. The largest absolute Gasteiger partial charge is 0.467 e. The third-order valence-corrected chi connectivity index (χ3v) is 5.77. The van der Waals surface area contributed by atoms with Crippen LogP contribution in [0.2, 0.25) is 0 Å². The van der Waals surface area contributed by atoms with Crippen LogP contribution >= 0.6 is 0 Å². The average Bonchev–Trinajstić information content (AvgIpc) is 3.33. The Morgan fingerprint density at radius 2 is 1.82 bits per heavy atom. The van der Waals surface area contributed by atoms with Crippen molar-refractivity contribution in [2.75, 3.05) is 37.6 Å². The number of carbonyl (C=O) groups excluding carboxylic acids is 1. The van der Waals surface area contributed by atoms with Crippen molar-refractivity contribution in [3.63, 3.8) is 0 Å². The third kappa shape index (κ3) is 3.90. The van der Waals surface area contributed by atoms with Gasteiger partial charge >= 0.3 is 0 Å². The van der Waals surface area contributed by atoms with Gasteiger partial charge in [-0.15, -0.1) is 0 Å². The van der Waals surface area contributed by atoms with E-state index in [1.54, 1.807) is 6.26 Å². The lowest BCUT2D eigenvalue weighted by atomic mass is 10.1. The van der Waals surface area contributed by atoms with Crippen LogP contribution in [0.4, 0.5) is 5.69 Å². The Morgan fingerprint density at radius 1 is 1.07 bits per heavy atom. The van der Waals surface area contributed by atoms with Crippen LogP contribution in [0, 0.1) is 13.8 Å². The van der Waals surface area contributed by atoms with E-state index in [1.807, 2.05) is 31.2 Å². The van der Waals surface area contributed by atoms with Crippen LogP contribution in [0.15, 0.2) is 59.2 Å². The fourth-order valence-electron chi connectivity index (χ4n) is 4.10. The summed E-state index contributed by atoms with van der Waals surface area (Å²) in [5.74, 6) is 1.14. The first-order valence-electron chi connectivity index (χ1n) is 9.97. The van der Waals surface area contributed by atoms with Crippen molar-refractivity contribution in [1.82, 2.24) is 4.57 Å². The van der Waals surface area contributed by atoms with Gasteiger partial charge in [-0.05, 0) is 44.2 Å². The van der Waals surface area contributed by atoms with Crippen molar-refractivity contribution in [2.24, 2.45) is 0 Å². The number of quaternary nitrogens is 1. The predicted molar refractivity (Wildman–Crippen MR) is 110 cm³/mol. The highest BCUT2D eigenvalue weighted by Crippen LogP contribution is 2.18. The van der Waals surface area contributed by atoms with E-state index in [4.69, 9.17) is 4.42 Å². The Morgan fingerprint density at radius 3 is 2.50 bits per heavy atom. The molecule has 1 N–H and O–H groups in total. The van der Waals surface area contributed by atoms with Crippen molar-refractivity contribution in [3.8, 4) is 0 Å². The Balaban J connectivity index is 1.38. The Labute approximate surface area is 166 Å². The number of rotatable bonds is 6. The van der Waals surface area contributed by atoms with Gasteiger partial charge in [-0.2, -0.15) is 0 Å². The van der Waals surface area contributed by atoms with E-state index in [1.165, 1.54) is 10.6 Å². The number of furan rings is 1. The topological polar surface area (TPSA) is 42.8 Å². The quantitative estimate of drug-likeness (QED) is 0.670. The zero-order valence-electron chi connectivity index (χ0n) is 16.6. The minimum absolute atomic E-state index is 0.238. The molecule has 4 rings (SSSR count). The lowest BCUT2D eigenvalue weighted by Gasteiger charge is -2.33. The monoisotopic (exact) mass is 378 g/mol. The Hall–Kier alpha value is -2.79. The number of Topliss-reactive ketones (excluding diaryl/α,β-unsaturated/α-hetero) is 1. The van der Waals surface area contributed by atoms with Gasteiger partial charge in [-0.25, -0.2) is 0 Å². The van der Waals surface area contributed by atoms with E-state index >= 15 is 0 Å². The number of para-hydroxylation sites is 1. The maximum Gasteiger partial charge on any atom is 0.218 e. The molecule has 0 aliphatic carbocycles. The van der Waals surface area contributed by atoms with E-state index in [0.717, 1.165) is 48.9 Å². The maximum atomic E-state index is 13.0. The second-order valence-corrected chi connectivity index (χ2v) is 7.62. The van der Waals surface area contributed by atoms with Crippen molar-refractivity contribution in [2.45, 2.75) is 20.4 Å². The lowest BCUT2D eigenvalue weighted by Crippen LogP contribution is -3.15. The van der Waals surface area contributed by atoms with E-state index in [9.17, 15) is 4.79 Å². The van der Waals surface area contributed by atoms with Gasteiger partial charge in [0.05, 0.1) is 39.0 Å². The Kier molecular flexibility index (Phi) is 5.35. The van der Waals surface area contributed by atoms with Crippen LogP contribution in [-0.2, 0) is 6.54 Å². The number of nitrogens with zero attached hydrogens (tertiary/aromatic N) is 2. The molecule has 0 spiro atoms. The first kappa shape index (κ1) is 18.6. The molecule has 1 aliphatic heterocycles. The molecule has 146 valence electrons. The standard InChI is InChI=1S/C23H27N3O2/c1-18-15-22(19(2)26(18)16-21-9-6-14-28-21)23(27)17-24-10-12-25(13-11-24)20-7-4-3-5-8-20/h3-9,14-15H,10-13,16-17H2,1-2H3/p+1. The molecule has 3 heterocycles. The molecule has 0 unspecified atom stereocenters. The fraction of sp³-hybridized carbons (Fsp3) is 0.348. The number of aromatic nitrogens is 1. The molecule has 2 aromatic heterocycles. The number of aryl methyl sites for hydroxylation is 1. The molecule has 0 radical (unpaired) electrons. The van der Waals surface area contributed by atoms with Crippen LogP contribution in [0.1, 0.15) is 27.5 Å². The summed E-state index contributed by atoms with van der Waals surface area (Å²) in [5.41, 5.74) is 4.25. The summed E-state index contributed by atoms with van der Waals surface area (Å²) >= 11 is 0. The summed E-state index contributed by atoms with van der Waals surface area (Å²) in [6.45, 7) is 9.28. The van der Waals surface area contributed by atoms with Crippen molar-refractivity contribution >= 4 is 11.5 Å². The van der Waals surface area contributed by atoms with Crippen molar-refractivity contribution in [3.05, 3.63) is 77.5 Å². The molecule has 0 saturated carbocycles. The van der Waals surface area contributed by atoms with Gasteiger partial charge in [0.1, 0.15) is 12.3 Å². The third-order valence-electron chi connectivity index (χ3n) is 5.77. The maximum absolute atomic E-state index is 13.0.